The highest BCUT2D eigenvalue weighted by atomic mass is 19.4. The maximum Gasteiger partial charge on any atom is 0.433 e. The molecular weight excluding hydrogens is 403 g/mol. The number of alkyl halides is 5. The molecule has 0 radical (unpaired) electrons. The zero-order valence-electron chi connectivity index (χ0n) is 14.8. The Labute approximate surface area is 160 Å². The van der Waals surface area contributed by atoms with Gasteiger partial charge in [0.2, 0.25) is 0 Å². The first kappa shape index (κ1) is 18.8. The fourth-order valence-corrected chi connectivity index (χ4v) is 5.13. The van der Waals surface area contributed by atoms with Gasteiger partial charge in [-0.05, 0) is 48.4 Å². The number of halogens is 7. The normalized spacial score (nSPS) is 33.1. The summed E-state index contributed by atoms with van der Waals surface area (Å²) in [5, 5.41) is 0. The average molecular weight is 417 g/mol. The second-order valence-corrected chi connectivity index (χ2v) is 8.34. The second-order valence-electron chi connectivity index (χ2n) is 8.34. The molecule has 0 N–H and O–H groups in total. The first-order chi connectivity index (χ1) is 13.4. The summed E-state index contributed by atoms with van der Waals surface area (Å²) in [6, 6.07) is 4.56. The second kappa shape index (κ2) is 5.30. The van der Waals surface area contributed by atoms with Gasteiger partial charge in [0.05, 0.1) is 6.61 Å². The quantitative estimate of drug-likeness (QED) is 0.494. The Morgan fingerprint density at radius 3 is 2.07 bits per heavy atom. The molecule has 2 bridgehead atoms. The molecular formula is C20H14F7NO. The summed E-state index contributed by atoms with van der Waals surface area (Å²) in [6.45, 7) is -0.376. The fourth-order valence-electron chi connectivity index (χ4n) is 5.13. The third-order valence-electron chi connectivity index (χ3n) is 6.67. The Balaban J connectivity index is 1.39. The molecule has 0 spiro atoms. The summed E-state index contributed by atoms with van der Waals surface area (Å²) in [5.74, 6) is -5.36. The Hall–Kier alpha value is -2.16. The molecule has 4 aliphatic rings. The predicted molar refractivity (Wildman–Crippen MR) is 86.1 cm³/mol. The summed E-state index contributed by atoms with van der Waals surface area (Å²) in [6.07, 6.45) is -3.33. The van der Waals surface area contributed by atoms with Crippen LogP contribution in [0.25, 0.3) is 0 Å². The number of nitrogens with zero attached hydrogens (tertiary/aromatic N) is 1. The van der Waals surface area contributed by atoms with Gasteiger partial charge in [-0.1, -0.05) is 6.07 Å². The van der Waals surface area contributed by atoms with E-state index in [2.05, 4.69) is 4.98 Å². The van der Waals surface area contributed by atoms with Crippen LogP contribution in [0.1, 0.15) is 36.1 Å². The number of aromatic nitrogens is 1. The van der Waals surface area contributed by atoms with Gasteiger partial charge in [0.1, 0.15) is 17.3 Å². The molecule has 3 aliphatic carbocycles. The van der Waals surface area contributed by atoms with Crippen LogP contribution in [0.4, 0.5) is 30.7 Å². The number of ether oxygens (including phenoxy) is 1. The summed E-state index contributed by atoms with van der Waals surface area (Å²) in [7, 11) is 0. The van der Waals surface area contributed by atoms with E-state index in [1.54, 1.807) is 0 Å². The number of hydrogen-bond donors (Lipinski definition) is 0. The molecule has 29 heavy (non-hydrogen) atoms. The van der Waals surface area contributed by atoms with Crippen LogP contribution in [0.5, 0.6) is 0 Å². The third kappa shape index (κ3) is 2.30. The lowest BCUT2D eigenvalue weighted by Crippen LogP contribution is -2.74. The molecule has 1 atom stereocenters. The largest absolute Gasteiger partial charge is 0.433 e. The van der Waals surface area contributed by atoms with Crippen LogP contribution in [0, 0.1) is 17.0 Å². The van der Waals surface area contributed by atoms with Gasteiger partial charge in [-0.2, -0.15) is 13.2 Å². The average Bonchev–Trinajstić information content (AvgIpc) is 3.34. The lowest BCUT2D eigenvalue weighted by molar-refractivity contribution is -0.306. The molecule has 1 saturated heterocycles. The van der Waals surface area contributed by atoms with Crippen LogP contribution >= 0.6 is 0 Å². The molecule has 6 rings (SSSR count). The van der Waals surface area contributed by atoms with Gasteiger partial charge in [-0.3, -0.25) is 4.98 Å². The molecule has 1 aliphatic heterocycles. The minimum atomic E-state index is -4.57. The molecule has 1 unspecified atom stereocenters. The van der Waals surface area contributed by atoms with Gasteiger partial charge < -0.3 is 4.74 Å². The van der Waals surface area contributed by atoms with E-state index in [0.717, 1.165) is 24.4 Å². The lowest BCUT2D eigenvalue weighted by Gasteiger charge is -2.73. The summed E-state index contributed by atoms with van der Waals surface area (Å²) < 4.78 is 101. The molecule has 9 heteroatoms. The standard InChI is InChI=1S/C20H14F7NO/c21-12-2-3-13(14(22)5-12)18(10-29-18)20(26,27)17-7-16(8-17,9-17)11-1-4-15(28-6-11)19(23,24)25/h1-6H,7-10H2. The van der Waals surface area contributed by atoms with Gasteiger partial charge in [-0.15, -0.1) is 0 Å². The third-order valence-corrected chi connectivity index (χ3v) is 6.67. The van der Waals surface area contributed by atoms with Crippen molar-refractivity contribution >= 4 is 0 Å². The number of rotatable bonds is 4. The molecule has 154 valence electrons. The molecule has 2 nitrogen and oxygen atoms in total. The minimum Gasteiger partial charge on any atom is -0.358 e. The maximum absolute atomic E-state index is 15.5. The summed E-state index contributed by atoms with van der Waals surface area (Å²) >= 11 is 0. The topological polar surface area (TPSA) is 25.4 Å². The Bertz CT molecular complexity index is 975. The van der Waals surface area contributed by atoms with Crippen LogP contribution in [0.2, 0.25) is 0 Å². The van der Waals surface area contributed by atoms with Crippen molar-refractivity contribution < 1.29 is 35.5 Å². The minimum absolute atomic E-state index is 0.0496. The number of pyridine rings is 1. The van der Waals surface area contributed by atoms with Gasteiger partial charge in [-0.25, -0.2) is 17.6 Å². The van der Waals surface area contributed by atoms with Crippen molar-refractivity contribution in [2.45, 2.75) is 42.4 Å². The first-order valence-electron chi connectivity index (χ1n) is 8.96. The monoisotopic (exact) mass is 417 g/mol. The van der Waals surface area contributed by atoms with Gasteiger partial charge in [0, 0.05) is 23.2 Å². The highest BCUT2D eigenvalue weighted by Crippen LogP contribution is 2.81. The van der Waals surface area contributed by atoms with E-state index in [0.29, 0.717) is 11.6 Å². The first-order valence-corrected chi connectivity index (χ1v) is 8.96. The molecule has 1 aromatic carbocycles. The van der Waals surface area contributed by atoms with Crippen molar-refractivity contribution in [3.8, 4) is 0 Å². The van der Waals surface area contributed by atoms with Crippen molar-refractivity contribution in [2.24, 2.45) is 5.41 Å². The van der Waals surface area contributed by atoms with Crippen molar-refractivity contribution in [1.82, 2.24) is 4.98 Å². The molecule has 0 amide bonds. The Kier molecular flexibility index (Phi) is 3.44. The Morgan fingerprint density at radius 2 is 1.59 bits per heavy atom. The lowest BCUT2D eigenvalue weighted by atomic mass is 9.31. The zero-order chi connectivity index (χ0) is 20.9. The van der Waals surface area contributed by atoms with E-state index >= 15 is 8.78 Å². The SMILES string of the molecule is Fc1ccc(C2(C(F)(F)C34CC(c5ccc(C(F)(F)F)nc5)(C3)C4)CO2)c(F)c1. The molecule has 2 aromatic rings. The summed E-state index contributed by atoms with van der Waals surface area (Å²) in [5.41, 5.74) is -5.12. The number of epoxide rings is 1. The van der Waals surface area contributed by atoms with E-state index < -0.39 is 45.9 Å². The predicted octanol–water partition coefficient (Wildman–Crippen LogP) is 5.36. The maximum atomic E-state index is 15.5. The molecule has 4 fully saturated rings. The molecule has 2 heterocycles. The van der Waals surface area contributed by atoms with Crippen LogP contribution in [0.15, 0.2) is 36.5 Å². The van der Waals surface area contributed by atoms with E-state index in [4.69, 9.17) is 4.74 Å². The van der Waals surface area contributed by atoms with Crippen molar-refractivity contribution in [3.63, 3.8) is 0 Å². The zero-order valence-corrected chi connectivity index (χ0v) is 14.8. The van der Waals surface area contributed by atoms with Crippen LogP contribution in [-0.2, 0) is 21.9 Å². The number of hydrogen-bond acceptors (Lipinski definition) is 2. The van der Waals surface area contributed by atoms with E-state index in [1.165, 1.54) is 6.07 Å². The Morgan fingerprint density at radius 1 is 0.931 bits per heavy atom. The smallest absolute Gasteiger partial charge is 0.358 e. The summed E-state index contributed by atoms with van der Waals surface area (Å²) in [4.78, 5) is 3.41. The van der Waals surface area contributed by atoms with Gasteiger partial charge >= 0.3 is 6.18 Å². The van der Waals surface area contributed by atoms with Crippen molar-refractivity contribution in [2.75, 3.05) is 6.61 Å². The van der Waals surface area contributed by atoms with E-state index in [1.807, 2.05) is 0 Å². The highest BCUT2D eigenvalue weighted by molar-refractivity contribution is 5.44. The fraction of sp³-hybridized carbons (Fsp3) is 0.450. The van der Waals surface area contributed by atoms with E-state index in [9.17, 15) is 22.0 Å². The van der Waals surface area contributed by atoms with Gasteiger partial charge in [0.25, 0.3) is 5.92 Å². The van der Waals surface area contributed by atoms with Crippen molar-refractivity contribution in [1.29, 1.82) is 0 Å². The van der Waals surface area contributed by atoms with Crippen molar-refractivity contribution in [3.05, 3.63) is 65.0 Å². The van der Waals surface area contributed by atoms with Crippen LogP contribution < -0.4 is 0 Å². The van der Waals surface area contributed by atoms with E-state index in [-0.39, 0.29) is 31.4 Å². The highest BCUT2D eigenvalue weighted by Gasteiger charge is 2.85. The molecule has 1 aromatic heterocycles. The van der Waals surface area contributed by atoms with Crippen LogP contribution in [-0.4, -0.2) is 17.5 Å². The van der Waals surface area contributed by atoms with Crippen LogP contribution in [0.3, 0.4) is 0 Å². The number of benzene rings is 1. The molecule has 3 saturated carbocycles. The van der Waals surface area contributed by atoms with Gasteiger partial charge in [0.15, 0.2) is 5.60 Å².